The Morgan fingerprint density at radius 2 is 2.21 bits per heavy atom. The molecule has 0 heterocycles. The molecule has 0 aliphatic heterocycles. The van der Waals surface area contributed by atoms with Crippen LogP contribution in [0.15, 0.2) is 29.8 Å². The maximum atomic E-state index is 14.1. The van der Waals surface area contributed by atoms with Crippen molar-refractivity contribution in [3.63, 3.8) is 0 Å². The van der Waals surface area contributed by atoms with Gasteiger partial charge in [-0.1, -0.05) is 12.1 Å². The first-order valence-corrected chi connectivity index (χ1v) is 8.31. The topological polar surface area (TPSA) is 67.4 Å². The fourth-order valence-corrected chi connectivity index (χ4v) is 3.40. The predicted octanol–water partition coefficient (Wildman–Crippen LogP) is 3.72. The van der Waals surface area contributed by atoms with E-state index in [9.17, 15) is 18.4 Å². The Kier molecular flexibility index (Phi) is 6.60. The van der Waals surface area contributed by atoms with E-state index in [2.05, 4.69) is 4.72 Å². The van der Waals surface area contributed by atoms with Gasteiger partial charge >= 0.3 is 12.1 Å². The van der Waals surface area contributed by atoms with Gasteiger partial charge in [0.05, 0.1) is 18.0 Å². The van der Waals surface area contributed by atoms with Crippen LogP contribution in [0.3, 0.4) is 0 Å². The van der Waals surface area contributed by atoms with Gasteiger partial charge in [0.15, 0.2) is 0 Å². The average Bonchev–Trinajstić information content (AvgIpc) is 2.58. The molecule has 0 bridgehead atoms. The van der Waals surface area contributed by atoms with Gasteiger partial charge in [-0.05, 0) is 48.9 Å². The van der Waals surface area contributed by atoms with Crippen molar-refractivity contribution in [2.24, 2.45) is 0 Å². The predicted molar refractivity (Wildman–Crippen MR) is 88.7 cm³/mol. The third-order valence-electron chi connectivity index (χ3n) is 3.58. The third kappa shape index (κ3) is 4.95. The van der Waals surface area contributed by atoms with E-state index >= 15 is 0 Å². The van der Waals surface area contributed by atoms with E-state index in [1.54, 1.807) is 6.07 Å². The van der Waals surface area contributed by atoms with Crippen LogP contribution in [0.4, 0.5) is 19.3 Å². The molecule has 8 heteroatoms. The number of hydrogen-bond donors (Lipinski definition) is 2. The molecule has 1 atom stereocenters. The Balaban J connectivity index is 1.98. The minimum absolute atomic E-state index is 0.0858. The highest BCUT2D eigenvalue weighted by molar-refractivity contribution is 8.01. The molecule has 0 spiro atoms. The first-order chi connectivity index (χ1) is 11.5. The van der Waals surface area contributed by atoms with Crippen molar-refractivity contribution in [2.45, 2.75) is 31.1 Å². The first kappa shape index (κ1) is 18.3. The van der Waals surface area contributed by atoms with E-state index in [0.29, 0.717) is 11.1 Å². The standard InChI is InChI=1S/C16H18F2N2O3S/c1-23-15(21)11-4-2-3-5-14(11)24-20-13-7-6-10(8-12(13)17)9-19-16(18)22/h4,6-8,14,20H,2-3,5,9H2,1H3,(H,19,22). The lowest BCUT2D eigenvalue weighted by Gasteiger charge is -2.22. The largest absolute Gasteiger partial charge is 0.466 e. The number of carbonyl (C=O) groups is 2. The summed E-state index contributed by atoms with van der Waals surface area (Å²) in [4.78, 5) is 22.0. The molecule has 0 radical (unpaired) electrons. The van der Waals surface area contributed by atoms with Crippen LogP contribution in [0.2, 0.25) is 0 Å². The Hall–Kier alpha value is -2.09. The molecule has 24 heavy (non-hydrogen) atoms. The molecule has 0 saturated heterocycles. The highest BCUT2D eigenvalue weighted by Gasteiger charge is 2.25. The van der Waals surface area contributed by atoms with Crippen molar-refractivity contribution in [1.82, 2.24) is 5.32 Å². The van der Waals surface area contributed by atoms with Crippen LogP contribution in [0, 0.1) is 5.82 Å². The Morgan fingerprint density at radius 3 is 2.88 bits per heavy atom. The van der Waals surface area contributed by atoms with Gasteiger partial charge in [0.2, 0.25) is 0 Å². The van der Waals surface area contributed by atoms with Crippen molar-refractivity contribution in [3.8, 4) is 0 Å². The van der Waals surface area contributed by atoms with Gasteiger partial charge < -0.3 is 14.8 Å². The van der Waals surface area contributed by atoms with Gasteiger partial charge in [-0.25, -0.2) is 14.0 Å². The van der Waals surface area contributed by atoms with Crippen LogP contribution in [0.1, 0.15) is 24.8 Å². The monoisotopic (exact) mass is 356 g/mol. The van der Waals surface area contributed by atoms with E-state index in [-0.39, 0.29) is 23.5 Å². The molecule has 0 fully saturated rings. The van der Waals surface area contributed by atoms with Crippen molar-refractivity contribution in [3.05, 3.63) is 41.2 Å². The van der Waals surface area contributed by atoms with Crippen molar-refractivity contribution in [2.75, 3.05) is 11.8 Å². The summed E-state index contributed by atoms with van der Waals surface area (Å²) in [6.07, 6.45) is 2.76. The maximum Gasteiger partial charge on any atom is 0.397 e. The number of ether oxygens (including phenoxy) is 1. The summed E-state index contributed by atoms with van der Waals surface area (Å²) in [6.45, 7) is -0.0858. The van der Waals surface area contributed by atoms with Crippen molar-refractivity contribution in [1.29, 1.82) is 0 Å². The lowest BCUT2D eigenvalue weighted by Crippen LogP contribution is -2.21. The number of benzene rings is 1. The van der Waals surface area contributed by atoms with Gasteiger partial charge in [-0.3, -0.25) is 0 Å². The second-order valence-corrected chi connectivity index (χ2v) is 6.24. The second kappa shape index (κ2) is 8.68. The maximum absolute atomic E-state index is 14.1. The van der Waals surface area contributed by atoms with Crippen LogP contribution >= 0.6 is 11.9 Å². The van der Waals surface area contributed by atoms with Gasteiger partial charge in [0.25, 0.3) is 0 Å². The minimum Gasteiger partial charge on any atom is -0.466 e. The second-order valence-electron chi connectivity index (χ2n) is 5.23. The number of carbonyl (C=O) groups excluding carboxylic acids is 2. The molecule has 1 amide bonds. The van der Waals surface area contributed by atoms with E-state index in [1.807, 2.05) is 11.4 Å². The zero-order valence-electron chi connectivity index (χ0n) is 13.1. The third-order valence-corrected chi connectivity index (χ3v) is 4.69. The normalized spacial score (nSPS) is 17.0. The molecular weight excluding hydrogens is 338 g/mol. The first-order valence-electron chi connectivity index (χ1n) is 7.43. The van der Waals surface area contributed by atoms with E-state index in [4.69, 9.17) is 4.74 Å². The van der Waals surface area contributed by atoms with E-state index in [0.717, 1.165) is 19.3 Å². The van der Waals surface area contributed by atoms with Crippen LogP contribution in [-0.4, -0.2) is 24.5 Å². The molecule has 2 rings (SSSR count). The number of amides is 1. The molecule has 0 saturated carbocycles. The van der Waals surface area contributed by atoms with Crippen LogP contribution in [0.5, 0.6) is 0 Å². The Morgan fingerprint density at radius 1 is 1.42 bits per heavy atom. The highest BCUT2D eigenvalue weighted by atomic mass is 32.2. The van der Waals surface area contributed by atoms with E-state index in [1.165, 1.54) is 31.2 Å². The molecule has 1 aromatic carbocycles. The number of rotatable bonds is 6. The summed E-state index contributed by atoms with van der Waals surface area (Å²) in [5.41, 5.74) is 1.29. The number of allylic oxidation sites excluding steroid dienone is 1. The minimum atomic E-state index is -1.66. The molecule has 5 nitrogen and oxygen atoms in total. The summed E-state index contributed by atoms with van der Waals surface area (Å²) in [7, 11) is 1.33. The molecule has 1 aliphatic carbocycles. The molecular formula is C16H18F2N2O3S. The fraction of sp³-hybridized carbons (Fsp3) is 0.375. The number of nitrogens with one attached hydrogen (secondary N) is 2. The van der Waals surface area contributed by atoms with Gasteiger partial charge in [-0.15, -0.1) is 4.39 Å². The number of hydrogen-bond acceptors (Lipinski definition) is 5. The van der Waals surface area contributed by atoms with Gasteiger partial charge in [0.1, 0.15) is 5.82 Å². The molecule has 130 valence electrons. The fourth-order valence-electron chi connectivity index (χ4n) is 2.36. The van der Waals surface area contributed by atoms with Gasteiger partial charge in [0, 0.05) is 12.1 Å². The summed E-state index contributed by atoms with van der Waals surface area (Å²) < 4.78 is 33.9. The van der Waals surface area contributed by atoms with Gasteiger partial charge in [-0.2, -0.15) is 0 Å². The zero-order chi connectivity index (χ0) is 17.5. The number of methoxy groups -OCH3 is 1. The summed E-state index contributed by atoms with van der Waals surface area (Å²) in [5, 5.41) is 1.85. The lowest BCUT2D eigenvalue weighted by molar-refractivity contribution is -0.136. The molecule has 0 aromatic heterocycles. The van der Waals surface area contributed by atoms with Crippen LogP contribution in [-0.2, 0) is 16.1 Å². The molecule has 1 unspecified atom stereocenters. The number of esters is 1. The molecule has 2 N–H and O–H groups in total. The summed E-state index contributed by atoms with van der Waals surface area (Å²) in [5.74, 6) is -0.890. The summed E-state index contributed by atoms with van der Waals surface area (Å²) in [6, 6.07) is 4.31. The Labute approximate surface area is 143 Å². The highest BCUT2D eigenvalue weighted by Crippen LogP contribution is 2.31. The quantitative estimate of drug-likeness (QED) is 0.352. The average molecular weight is 356 g/mol. The zero-order valence-corrected chi connectivity index (χ0v) is 13.9. The van der Waals surface area contributed by atoms with Crippen molar-refractivity contribution >= 4 is 29.8 Å². The van der Waals surface area contributed by atoms with E-state index < -0.39 is 12.0 Å². The lowest BCUT2D eigenvalue weighted by atomic mass is 9.99. The smallest absolute Gasteiger partial charge is 0.397 e. The summed E-state index contributed by atoms with van der Waals surface area (Å²) >= 11 is 1.25. The molecule has 1 aliphatic rings. The van der Waals surface area contributed by atoms with Crippen molar-refractivity contribution < 1.29 is 23.1 Å². The molecule has 1 aromatic rings. The number of halogens is 2. The Bertz CT molecular complexity index is 652. The van der Waals surface area contributed by atoms with Crippen LogP contribution in [0.25, 0.3) is 0 Å². The van der Waals surface area contributed by atoms with Crippen LogP contribution < -0.4 is 10.0 Å². The SMILES string of the molecule is COC(=O)C1=CCCCC1SNc1ccc(CNC(=O)F)cc1F. The number of anilines is 1.